The van der Waals surface area contributed by atoms with Crippen LogP contribution in [0.4, 0.5) is 5.69 Å². The third kappa shape index (κ3) is 4.40. The number of nitrogens with one attached hydrogen (secondary N) is 2. The molecule has 0 bridgehead atoms. The van der Waals surface area contributed by atoms with E-state index in [2.05, 4.69) is 25.2 Å². The number of H-pyrrole nitrogens is 1. The maximum atomic E-state index is 12.0. The Labute approximate surface area is 178 Å². The molecule has 0 atom stereocenters. The summed E-state index contributed by atoms with van der Waals surface area (Å²) in [6.45, 7) is 6.09. The van der Waals surface area contributed by atoms with Crippen molar-refractivity contribution in [1.29, 1.82) is 0 Å². The van der Waals surface area contributed by atoms with Gasteiger partial charge in [0, 0.05) is 23.6 Å². The number of esters is 1. The summed E-state index contributed by atoms with van der Waals surface area (Å²) in [6, 6.07) is 5.17. The molecule has 160 valence electrons. The standard InChI is InChI=1S/C20H24ClN5O4/c1-20(2,3)17-16(21)19-23-18(25-26(19)24-17)12-7-6-11(10-13(12)29-4)22-14(27)8-9-15(28)30-5/h6-7,10H,8-9H2,1-5H3,(H,22,27)(H,23,25). The highest BCUT2D eigenvalue weighted by Gasteiger charge is 2.25. The number of rotatable bonds is 6. The molecule has 0 saturated carbocycles. The highest BCUT2D eigenvalue weighted by atomic mass is 35.5. The predicted octanol–water partition coefficient (Wildman–Crippen LogP) is 3.58. The molecule has 2 heterocycles. The molecule has 9 nitrogen and oxygen atoms in total. The third-order valence-corrected chi connectivity index (χ3v) is 4.83. The maximum absolute atomic E-state index is 12.0. The van der Waals surface area contributed by atoms with E-state index in [0.717, 1.165) is 5.69 Å². The second-order valence-electron chi connectivity index (χ2n) is 7.76. The van der Waals surface area contributed by atoms with Crippen molar-refractivity contribution in [2.24, 2.45) is 0 Å². The fourth-order valence-corrected chi connectivity index (χ4v) is 3.35. The first-order chi connectivity index (χ1) is 14.1. The molecule has 2 N–H and O–H groups in total. The lowest BCUT2D eigenvalue weighted by Crippen LogP contribution is -2.14. The van der Waals surface area contributed by atoms with Crippen molar-refractivity contribution in [2.45, 2.75) is 39.0 Å². The van der Waals surface area contributed by atoms with E-state index in [1.165, 1.54) is 18.8 Å². The topological polar surface area (TPSA) is 111 Å². The second kappa shape index (κ2) is 8.35. The van der Waals surface area contributed by atoms with Gasteiger partial charge >= 0.3 is 5.97 Å². The molecule has 1 aromatic carbocycles. The van der Waals surface area contributed by atoms with Crippen LogP contribution >= 0.6 is 11.6 Å². The zero-order chi connectivity index (χ0) is 22.1. The molecule has 0 radical (unpaired) electrons. The van der Waals surface area contributed by atoms with E-state index >= 15 is 0 Å². The number of benzene rings is 1. The number of nitrogens with zero attached hydrogens (tertiary/aromatic N) is 3. The van der Waals surface area contributed by atoms with Crippen LogP contribution < -0.4 is 10.1 Å². The number of carbonyl (C=O) groups is 2. The van der Waals surface area contributed by atoms with Crippen molar-refractivity contribution in [1.82, 2.24) is 19.8 Å². The fraction of sp³-hybridized carbons (Fsp3) is 0.400. The Balaban J connectivity index is 1.84. The van der Waals surface area contributed by atoms with Crippen molar-refractivity contribution in [2.75, 3.05) is 19.5 Å². The third-order valence-electron chi connectivity index (χ3n) is 4.48. The van der Waals surface area contributed by atoms with Crippen molar-refractivity contribution in [3.63, 3.8) is 0 Å². The number of aromatic amines is 1. The molecule has 3 aromatic rings. The lowest BCUT2D eigenvalue weighted by atomic mass is 9.92. The first-order valence-electron chi connectivity index (χ1n) is 9.34. The summed E-state index contributed by atoms with van der Waals surface area (Å²) < 4.78 is 11.5. The Morgan fingerprint density at radius 1 is 1.20 bits per heavy atom. The molecule has 1 amide bonds. The number of hydrogen-bond acceptors (Lipinski definition) is 6. The summed E-state index contributed by atoms with van der Waals surface area (Å²) in [5.41, 5.74) is 2.36. The van der Waals surface area contributed by atoms with Gasteiger partial charge in [-0.3, -0.25) is 9.59 Å². The van der Waals surface area contributed by atoms with E-state index in [4.69, 9.17) is 16.3 Å². The van der Waals surface area contributed by atoms with Crippen LogP contribution in [0.2, 0.25) is 5.02 Å². The summed E-state index contributed by atoms with van der Waals surface area (Å²) in [6.07, 6.45) is 0.0434. The van der Waals surface area contributed by atoms with Crippen LogP contribution in [-0.2, 0) is 19.7 Å². The van der Waals surface area contributed by atoms with E-state index in [-0.39, 0.29) is 24.2 Å². The second-order valence-corrected chi connectivity index (χ2v) is 8.14. The van der Waals surface area contributed by atoms with Gasteiger partial charge in [0.25, 0.3) is 0 Å². The van der Waals surface area contributed by atoms with Crippen LogP contribution in [0.25, 0.3) is 17.0 Å². The van der Waals surface area contributed by atoms with Gasteiger partial charge in [-0.05, 0) is 12.1 Å². The summed E-state index contributed by atoms with van der Waals surface area (Å²) >= 11 is 6.49. The highest BCUT2D eigenvalue weighted by molar-refractivity contribution is 6.34. The van der Waals surface area contributed by atoms with Gasteiger partial charge in [0.15, 0.2) is 11.5 Å². The van der Waals surface area contributed by atoms with Gasteiger partial charge < -0.3 is 19.8 Å². The first-order valence-corrected chi connectivity index (χ1v) is 9.72. The number of aromatic nitrogens is 4. The van der Waals surface area contributed by atoms with Gasteiger partial charge in [-0.15, -0.1) is 9.73 Å². The van der Waals surface area contributed by atoms with E-state index in [0.29, 0.717) is 33.5 Å². The average Bonchev–Trinajstić information content (AvgIpc) is 3.25. The molecule has 0 aliphatic heterocycles. The number of halogens is 1. The Hall–Kier alpha value is -3.07. The monoisotopic (exact) mass is 433 g/mol. The zero-order valence-electron chi connectivity index (χ0n) is 17.5. The van der Waals surface area contributed by atoms with Crippen LogP contribution in [0, 0.1) is 0 Å². The lowest BCUT2D eigenvalue weighted by molar-refractivity contribution is -0.141. The normalized spacial score (nSPS) is 11.5. The SMILES string of the molecule is COC(=O)CCC(=O)Nc1ccc(-c2nn3nc(C(C)(C)C)c(Cl)c3[nH]2)c(OC)c1. The summed E-state index contributed by atoms with van der Waals surface area (Å²) in [5.74, 6) is 0.299. The molecule has 0 fully saturated rings. The quantitative estimate of drug-likeness (QED) is 0.575. The molecule has 0 unspecified atom stereocenters. The molecule has 3 rings (SSSR count). The van der Waals surface area contributed by atoms with Gasteiger partial charge in [0.2, 0.25) is 5.91 Å². The molecular formula is C20H24ClN5O4. The van der Waals surface area contributed by atoms with Crippen molar-refractivity contribution < 1.29 is 19.1 Å². The molecular weight excluding hydrogens is 410 g/mol. The average molecular weight is 434 g/mol. The Kier molecular flexibility index (Phi) is 6.02. The van der Waals surface area contributed by atoms with Gasteiger partial charge in [-0.2, -0.15) is 5.10 Å². The zero-order valence-corrected chi connectivity index (χ0v) is 18.3. The molecule has 0 aliphatic carbocycles. The maximum Gasteiger partial charge on any atom is 0.306 e. The molecule has 30 heavy (non-hydrogen) atoms. The Bertz CT molecular complexity index is 1100. The van der Waals surface area contributed by atoms with Gasteiger partial charge in [0.05, 0.1) is 31.9 Å². The van der Waals surface area contributed by atoms with Crippen LogP contribution in [0.1, 0.15) is 39.3 Å². The number of ether oxygens (including phenoxy) is 2. The van der Waals surface area contributed by atoms with Crippen LogP contribution in [0.15, 0.2) is 18.2 Å². The van der Waals surface area contributed by atoms with Crippen LogP contribution in [0.5, 0.6) is 5.75 Å². The largest absolute Gasteiger partial charge is 0.496 e. The Morgan fingerprint density at radius 2 is 1.93 bits per heavy atom. The molecule has 2 aromatic heterocycles. The Morgan fingerprint density at radius 3 is 2.53 bits per heavy atom. The van der Waals surface area contributed by atoms with E-state index in [1.54, 1.807) is 18.2 Å². The summed E-state index contributed by atoms with van der Waals surface area (Å²) in [7, 11) is 2.81. The minimum atomic E-state index is -0.436. The smallest absolute Gasteiger partial charge is 0.306 e. The number of amides is 1. The lowest BCUT2D eigenvalue weighted by Gasteiger charge is -2.14. The minimum Gasteiger partial charge on any atom is -0.496 e. The fourth-order valence-electron chi connectivity index (χ4n) is 2.90. The molecule has 0 saturated heterocycles. The van der Waals surface area contributed by atoms with Crippen LogP contribution in [-0.4, -0.2) is 45.9 Å². The summed E-state index contributed by atoms with van der Waals surface area (Å²) in [5, 5.41) is 12.2. The number of anilines is 1. The number of methoxy groups -OCH3 is 2. The van der Waals surface area contributed by atoms with Gasteiger partial charge in [0.1, 0.15) is 10.8 Å². The minimum absolute atomic E-state index is 0.0149. The first kappa shape index (κ1) is 21.6. The number of hydrogen-bond donors (Lipinski definition) is 2. The van der Waals surface area contributed by atoms with Crippen molar-refractivity contribution in [3.8, 4) is 17.1 Å². The molecule has 0 aliphatic rings. The van der Waals surface area contributed by atoms with Crippen molar-refractivity contribution in [3.05, 3.63) is 28.9 Å². The van der Waals surface area contributed by atoms with Gasteiger partial charge in [-0.1, -0.05) is 32.4 Å². The molecule has 10 heteroatoms. The number of carbonyl (C=O) groups excluding carboxylic acids is 2. The number of fused-ring (bicyclic) bond motifs is 1. The van der Waals surface area contributed by atoms with Gasteiger partial charge in [-0.25, -0.2) is 0 Å². The van der Waals surface area contributed by atoms with Crippen LogP contribution in [0.3, 0.4) is 0 Å². The van der Waals surface area contributed by atoms with E-state index < -0.39 is 5.97 Å². The highest BCUT2D eigenvalue weighted by Crippen LogP contribution is 2.34. The van der Waals surface area contributed by atoms with E-state index in [1.807, 2.05) is 20.8 Å². The summed E-state index contributed by atoms with van der Waals surface area (Å²) in [4.78, 5) is 26.4. The molecule has 0 spiro atoms. The predicted molar refractivity (Wildman–Crippen MR) is 113 cm³/mol. The van der Waals surface area contributed by atoms with E-state index in [9.17, 15) is 9.59 Å². The van der Waals surface area contributed by atoms with Crippen molar-refractivity contribution >= 4 is 34.8 Å².